The van der Waals surface area contributed by atoms with Crippen LogP contribution in [0.3, 0.4) is 0 Å². The van der Waals surface area contributed by atoms with Gasteiger partial charge in [0.2, 0.25) is 5.95 Å². The number of hydrogen-bond acceptors (Lipinski definition) is 8. The highest BCUT2D eigenvalue weighted by Crippen LogP contribution is 2.42. The van der Waals surface area contributed by atoms with Crippen LogP contribution >= 0.6 is 0 Å². The third-order valence-electron chi connectivity index (χ3n) is 8.25. The summed E-state index contributed by atoms with van der Waals surface area (Å²) >= 11 is 0. The molecule has 2 N–H and O–H groups in total. The molecule has 2 saturated heterocycles. The summed E-state index contributed by atoms with van der Waals surface area (Å²) in [5.74, 6) is 0.710. The van der Waals surface area contributed by atoms with Crippen LogP contribution in [0.15, 0.2) is 97.3 Å². The number of carbonyl (C=O) groups is 1. The van der Waals surface area contributed by atoms with Crippen LogP contribution in [0, 0.1) is 5.92 Å². The number of aliphatic hydroxyl groups excluding tert-OH is 1. The van der Waals surface area contributed by atoms with Crippen molar-refractivity contribution in [1.82, 2.24) is 14.9 Å². The lowest BCUT2D eigenvalue weighted by molar-refractivity contribution is -0.276. The lowest BCUT2D eigenvalue weighted by Crippen LogP contribution is -2.51. The van der Waals surface area contributed by atoms with Gasteiger partial charge in [-0.2, -0.15) is 0 Å². The first-order valence-electron chi connectivity index (χ1n) is 14.8. The molecule has 3 heterocycles. The summed E-state index contributed by atoms with van der Waals surface area (Å²) in [5.41, 5.74) is 4.12. The van der Waals surface area contributed by atoms with Crippen LogP contribution in [0.4, 0.5) is 11.6 Å². The quantitative estimate of drug-likeness (QED) is 0.306. The zero-order valence-electron chi connectivity index (χ0n) is 24.3. The number of aliphatic hydroxyl groups is 1. The van der Waals surface area contributed by atoms with Gasteiger partial charge in [-0.25, -0.2) is 9.97 Å². The molecule has 2 aliphatic heterocycles. The number of anilines is 2. The molecule has 0 radical (unpaired) electrons. The smallest absolute Gasteiger partial charge is 0.255 e. The van der Waals surface area contributed by atoms with Crippen LogP contribution < -0.4 is 10.2 Å². The third kappa shape index (κ3) is 6.92. The average molecular weight is 580 g/mol. The molecule has 0 unspecified atom stereocenters. The summed E-state index contributed by atoms with van der Waals surface area (Å²) in [7, 11) is 0. The fourth-order valence-electron chi connectivity index (χ4n) is 5.68. The summed E-state index contributed by atoms with van der Waals surface area (Å²) in [4.78, 5) is 26.1. The molecule has 0 saturated carbocycles. The first-order chi connectivity index (χ1) is 21.1. The van der Waals surface area contributed by atoms with Gasteiger partial charge in [-0.15, -0.1) is 0 Å². The zero-order chi connectivity index (χ0) is 29.6. The number of benzene rings is 3. The Morgan fingerprint density at radius 2 is 1.53 bits per heavy atom. The Bertz CT molecular complexity index is 1460. The maximum atomic E-state index is 12.6. The molecule has 2 aliphatic rings. The van der Waals surface area contributed by atoms with E-state index in [1.54, 1.807) is 24.5 Å². The molecule has 6 rings (SSSR count). The number of rotatable bonds is 8. The van der Waals surface area contributed by atoms with E-state index in [0.717, 1.165) is 55.4 Å². The maximum absolute atomic E-state index is 12.6. The number of ether oxygens (including phenoxy) is 2. The largest absolute Gasteiger partial charge is 0.392 e. The lowest BCUT2D eigenvalue weighted by Gasteiger charge is -2.44. The van der Waals surface area contributed by atoms with Crippen molar-refractivity contribution in [2.24, 2.45) is 5.92 Å². The van der Waals surface area contributed by atoms with Gasteiger partial charge < -0.3 is 24.8 Å². The Morgan fingerprint density at radius 1 is 0.860 bits per heavy atom. The van der Waals surface area contributed by atoms with Crippen LogP contribution in [0.5, 0.6) is 0 Å². The van der Waals surface area contributed by atoms with Crippen LogP contribution in [0.25, 0.3) is 0 Å². The molecular formula is C34H37N5O4. The zero-order valence-corrected chi connectivity index (χ0v) is 24.3. The molecule has 0 bridgehead atoms. The molecule has 1 aromatic heterocycles. The van der Waals surface area contributed by atoms with Crippen LogP contribution in [-0.2, 0) is 16.1 Å². The van der Waals surface area contributed by atoms with E-state index in [0.29, 0.717) is 11.3 Å². The van der Waals surface area contributed by atoms with E-state index >= 15 is 0 Å². The predicted molar refractivity (Wildman–Crippen MR) is 164 cm³/mol. The summed E-state index contributed by atoms with van der Waals surface area (Å²) in [6.07, 6.45) is 2.74. The lowest BCUT2D eigenvalue weighted by atomic mass is 9.90. The fraction of sp³-hybridized carbons (Fsp3) is 0.324. The maximum Gasteiger partial charge on any atom is 0.255 e. The van der Waals surface area contributed by atoms with E-state index in [1.807, 2.05) is 72.8 Å². The SMILES string of the molecule is C[C@H]1[C@@H](CN2CCN(c3ncccn3)CC2)O[C@@H](c2ccc(NC(=O)c3ccccc3)cc2)O[C@H]1c1ccc(CO)cc1. The monoisotopic (exact) mass is 579 g/mol. The van der Waals surface area contributed by atoms with E-state index in [-0.39, 0.29) is 30.6 Å². The van der Waals surface area contributed by atoms with Gasteiger partial charge >= 0.3 is 0 Å². The molecule has 2 fully saturated rings. The van der Waals surface area contributed by atoms with Gasteiger partial charge in [0.05, 0.1) is 18.8 Å². The molecule has 0 aliphatic carbocycles. The van der Waals surface area contributed by atoms with E-state index in [9.17, 15) is 9.90 Å². The Hall–Kier alpha value is -4.15. The van der Waals surface area contributed by atoms with Crippen molar-refractivity contribution in [2.45, 2.75) is 32.0 Å². The molecule has 4 aromatic rings. The summed E-state index contributed by atoms with van der Waals surface area (Å²) in [6.45, 7) is 6.45. The minimum absolute atomic E-state index is 0.00285. The van der Waals surface area contributed by atoms with Gasteiger partial charge in [0, 0.05) is 67.8 Å². The van der Waals surface area contributed by atoms with Gasteiger partial charge in [0.1, 0.15) is 0 Å². The number of nitrogens with zero attached hydrogens (tertiary/aromatic N) is 4. The molecule has 9 heteroatoms. The summed E-state index contributed by atoms with van der Waals surface area (Å²) in [6, 6.07) is 26.6. The topological polar surface area (TPSA) is 100 Å². The van der Waals surface area contributed by atoms with E-state index in [2.05, 4.69) is 32.0 Å². The van der Waals surface area contributed by atoms with Gasteiger partial charge in [-0.05, 0) is 41.5 Å². The Kier molecular flexibility index (Phi) is 9.04. The Labute approximate surface area is 252 Å². The van der Waals surface area contributed by atoms with Gasteiger partial charge in [-0.1, -0.05) is 61.5 Å². The summed E-state index contributed by atoms with van der Waals surface area (Å²) < 4.78 is 13.3. The van der Waals surface area contributed by atoms with E-state index in [4.69, 9.17) is 9.47 Å². The standard InChI is InChI=1S/C34H37N5O4/c1-24-30(22-38-18-20-39(21-19-38)34-35-16-5-17-36-34)42-33(43-31(24)26-10-8-25(23-40)9-11-26)28-12-14-29(15-13-28)37-32(41)27-6-3-2-4-7-27/h2-17,24,30-31,33,40H,18-23H2,1H3,(H,37,41)/t24-,30+,31+,33+/m0/s1. The number of piperazine rings is 1. The molecule has 9 nitrogen and oxygen atoms in total. The molecular weight excluding hydrogens is 542 g/mol. The normalized spacial score (nSPS) is 22.7. The second-order valence-corrected chi connectivity index (χ2v) is 11.1. The van der Waals surface area contributed by atoms with Crippen molar-refractivity contribution in [1.29, 1.82) is 0 Å². The van der Waals surface area contributed by atoms with E-state index < -0.39 is 6.29 Å². The molecule has 0 spiro atoms. The molecule has 1 amide bonds. The third-order valence-corrected chi connectivity index (χ3v) is 8.25. The minimum atomic E-state index is -0.568. The average Bonchev–Trinajstić information content (AvgIpc) is 3.07. The highest BCUT2D eigenvalue weighted by molar-refractivity contribution is 6.04. The number of hydrogen-bond donors (Lipinski definition) is 2. The molecule has 222 valence electrons. The Balaban J connectivity index is 1.17. The van der Waals surface area contributed by atoms with Gasteiger partial charge in [-0.3, -0.25) is 9.69 Å². The van der Waals surface area contributed by atoms with Crippen molar-refractivity contribution in [3.63, 3.8) is 0 Å². The predicted octanol–water partition coefficient (Wildman–Crippen LogP) is 4.83. The first-order valence-corrected chi connectivity index (χ1v) is 14.8. The molecule has 4 atom stereocenters. The first kappa shape index (κ1) is 28.9. The number of carbonyl (C=O) groups excluding carboxylic acids is 1. The number of amides is 1. The minimum Gasteiger partial charge on any atom is -0.392 e. The van der Waals surface area contributed by atoms with Crippen molar-refractivity contribution in [2.75, 3.05) is 42.9 Å². The van der Waals surface area contributed by atoms with Crippen molar-refractivity contribution >= 4 is 17.5 Å². The van der Waals surface area contributed by atoms with Crippen molar-refractivity contribution in [3.05, 3.63) is 120 Å². The highest BCUT2D eigenvalue weighted by atomic mass is 16.7. The second kappa shape index (κ2) is 13.4. The highest BCUT2D eigenvalue weighted by Gasteiger charge is 2.39. The van der Waals surface area contributed by atoms with Gasteiger partial charge in [0.25, 0.3) is 5.91 Å². The van der Waals surface area contributed by atoms with Crippen LogP contribution in [-0.4, -0.2) is 64.7 Å². The number of nitrogens with one attached hydrogen (secondary N) is 1. The Morgan fingerprint density at radius 3 is 2.21 bits per heavy atom. The van der Waals surface area contributed by atoms with Gasteiger partial charge in [0.15, 0.2) is 6.29 Å². The molecule has 43 heavy (non-hydrogen) atoms. The van der Waals surface area contributed by atoms with Crippen LogP contribution in [0.2, 0.25) is 0 Å². The van der Waals surface area contributed by atoms with Crippen LogP contribution in [0.1, 0.15) is 46.4 Å². The van der Waals surface area contributed by atoms with Crippen molar-refractivity contribution in [3.8, 4) is 0 Å². The molecule has 3 aromatic carbocycles. The summed E-state index contributed by atoms with van der Waals surface area (Å²) in [5, 5.41) is 12.5. The number of aromatic nitrogens is 2. The van der Waals surface area contributed by atoms with E-state index in [1.165, 1.54) is 0 Å². The second-order valence-electron chi connectivity index (χ2n) is 11.1. The fourth-order valence-corrected chi connectivity index (χ4v) is 5.68. The van der Waals surface area contributed by atoms with Crippen molar-refractivity contribution < 1.29 is 19.4 Å².